The normalized spacial score (nSPS) is 34.1. The van der Waals surface area contributed by atoms with Gasteiger partial charge in [-0.15, -0.1) is 0 Å². The molecular weight excluding hydrogens is 172 g/mol. The van der Waals surface area contributed by atoms with Crippen molar-refractivity contribution in [3.8, 4) is 0 Å². The van der Waals surface area contributed by atoms with Gasteiger partial charge in [0.15, 0.2) is 0 Å². The van der Waals surface area contributed by atoms with Crippen LogP contribution in [-0.4, -0.2) is 48.6 Å². The Morgan fingerprint density at radius 1 is 1.54 bits per heavy atom. The van der Waals surface area contributed by atoms with Gasteiger partial charge in [0.2, 0.25) is 11.8 Å². The number of carbonyl (C=O) groups is 2. The molecule has 0 spiro atoms. The van der Waals surface area contributed by atoms with E-state index in [1.54, 1.807) is 11.8 Å². The Hall–Kier alpha value is -1.10. The highest BCUT2D eigenvalue weighted by molar-refractivity contribution is 5.96. The van der Waals surface area contributed by atoms with Crippen LogP contribution in [0.15, 0.2) is 0 Å². The fourth-order valence-electron chi connectivity index (χ4n) is 1.70. The zero-order valence-electron chi connectivity index (χ0n) is 7.45. The summed E-state index contributed by atoms with van der Waals surface area (Å²) in [7, 11) is 0. The van der Waals surface area contributed by atoms with Crippen molar-refractivity contribution < 1.29 is 14.3 Å². The molecule has 2 fully saturated rings. The number of rotatable bonds is 0. The van der Waals surface area contributed by atoms with E-state index < -0.39 is 6.04 Å². The van der Waals surface area contributed by atoms with Crippen LogP contribution < -0.4 is 5.32 Å². The Balaban J connectivity index is 2.19. The van der Waals surface area contributed by atoms with E-state index in [0.717, 1.165) is 0 Å². The molecule has 13 heavy (non-hydrogen) atoms. The molecule has 0 aromatic heterocycles. The Kier molecular flexibility index (Phi) is 1.95. The summed E-state index contributed by atoms with van der Waals surface area (Å²) in [5.74, 6) is -0.111. The summed E-state index contributed by atoms with van der Waals surface area (Å²) in [6.07, 6.45) is 0. The van der Waals surface area contributed by atoms with Gasteiger partial charge in [0.05, 0.1) is 13.2 Å². The molecule has 2 amide bonds. The van der Waals surface area contributed by atoms with Crippen LogP contribution in [0.25, 0.3) is 0 Å². The molecule has 2 aliphatic rings. The van der Waals surface area contributed by atoms with Crippen molar-refractivity contribution in [2.24, 2.45) is 0 Å². The van der Waals surface area contributed by atoms with Crippen LogP contribution in [0.4, 0.5) is 0 Å². The van der Waals surface area contributed by atoms with Gasteiger partial charge in [0.1, 0.15) is 12.1 Å². The number of ether oxygens (including phenoxy) is 1. The van der Waals surface area contributed by atoms with Crippen molar-refractivity contribution in [2.75, 3.05) is 19.8 Å². The number of nitrogens with one attached hydrogen (secondary N) is 1. The second kappa shape index (κ2) is 2.99. The lowest BCUT2D eigenvalue weighted by atomic mass is 10.1. The second-order valence-corrected chi connectivity index (χ2v) is 3.35. The van der Waals surface area contributed by atoms with Gasteiger partial charge in [-0.25, -0.2) is 0 Å². The predicted molar refractivity (Wildman–Crippen MR) is 43.9 cm³/mol. The van der Waals surface area contributed by atoms with Crippen molar-refractivity contribution >= 4 is 11.8 Å². The van der Waals surface area contributed by atoms with Crippen molar-refractivity contribution in [3.63, 3.8) is 0 Å². The number of fused-ring (bicyclic) bond motifs is 1. The van der Waals surface area contributed by atoms with E-state index in [1.807, 2.05) is 0 Å². The molecule has 5 heteroatoms. The second-order valence-electron chi connectivity index (χ2n) is 3.35. The highest BCUT2D eigenvalue weighted by Crippen LogP contribution is 2.13. The summed E-state index contributed by atoms with van der Waals surface area (Å²) in [6, 6.07) is -0.792. The fourth-order valence-corrected chi connectivity index (χ4v) is 1.70. The molecule has 0 aliphatic carbocycles. The SMILES string of the molecule is CC1NC(=O)C2COCCN2C1=O. The van der Waals surface area contributed by atoms with E-state index in [2.05, 4.69) is 5.32 Å². The first-order valence-electron chi connectivity index (χ1n) is 4.39. The average Bonchev–Trinajstić information content (AvgIpc) is 2.15. The Morgan fingerprint density at radius 2 is 2.31 bits per heavy atom. The van der Waals surface area contributed by atoms with Crippen molar-refractivity contribution in [1.29, 1.82) is 0 Å². The maximum absolute atomic E-state index is 11.6. The van der Waals surface area contributed by atoms with E-state index in [9.17, 15) is 9.59 Å². The van der Waals surface area contributed by atoms with Gasteiger partial charge < -0.3 is 15.0 Å². The summed E-state index contributed by atoms with van der Waals surface area (Å²) in [6.45, 7) is 3.08. The molecular formula is C8H12N2O3. The van der Waals surface area contributed by atoms with Gasteiger partial charge in [-0.05, 0) is 6.92 Å². The number of morpholine rings is 1. The zero-order valence-corrected chi connectivity index (χ0v) is 7.45. The van der Waals surface area contributed by atoms with Crippen molar-refractivity contribution in [2.45, 2.75) is 19.0 Å². The Morgan fingerprint density at radius 3 is 3.08 bits per heavy atom. The van der Waals surface area contributed by atoms with Crippen molar-refractivity contribution in [3.05, 3.63) is 0 Å². The lowest BCUT2D eigenvalue weighted by molar-refractivity contribution is -0.156. The number of piperazine rings is 1. The van der Waals surface area contributed by atoms with Crippen LogP contribution >= 0.6 is 0 Å². The quantitative estimate of drug-likeness (QED) is 0.511. The topological polar surface area (TPSA) is 58.6 Å². The highest BCUT2D eigenvalue weighted by atomic mass is 16.5. The molecule has 72 valence electrons. The zero-order chi connectivity index (χ0) is 9.42. The van der Waals surface area contributed by atoms with E-state index in [0.29, 0.717) is 19.8 Å². The third-order valence-electron chi connectivity index (χ3n) is 2.44. The molecule has 0 bridgehead atoms. The molecule has 2 rings (SSSR count). The largest absolute Gasteiger partial charge is 0.377 e. The summed E-state index contributed by atoms with van der Waals surface area (Å²) in [5.41, 5.74) is 0. The third kappa shape index (κ3) is 1.29. The van der Waals surface area contributed by atoms with E-state index in [1.165, 1.54) is 0 Å². The van der Waals surface area contributed by atoms with Gasteiger partial charge in [-0.3, -0.25) is 9.59 Å². The lowest BCUT2D eigenvalue weighted by Gasteiger charge is -2.40. The minimum absolute atomic E-state index is 0.00657. The van der Waals surface area contributed by atoms with Crippen LogP contribution in [0, 0.1) is 0 Å². The molecule has 0 aromatic carbocycles. The molecule has 2 unspecified atom stereocenters. The Labute approximate surface area is 76.0 Å². The smallest absolute Gasteiger partial charge is 0.245 e. The number of carbonyl (C=O) groups excluding carboxylic acids is 2. The van der Waals surface area contributed by atoms with Gasteiger partial charge >= 0.3 is 0 Å². The monoisotopic (exact) mass is 184 g/mol. The minimum atomic E-state index is -0.405. The summed E-state index contributed by atoms with van der Waals surface area (Å²) in [4.78, 5) is 24.6. The van der Waals surface area contributed by atoms with E-state index in [-0.39, 0.29) is 17.9 Å². The lowest BCUT2D eigenvalue weighted by Crippen LogP contribution is -2.65. The molecule has 0 radical (unpaired) electrons. The Bertz CT molecular complexity index is 254. The maximum Gasteiger partial charge on any atom is 0.245 e. The number of nitrogens with zero attached hydrogens (tertiary/aromatic N) is 1. The summed E-state index contributed by atoms with van der Waals surface area (Å²) >= 11 is 0. The van der Waals surface area contributed by atoms with Gasteiger partial charge in [0, 0.05) is 6.54 Å². The first-order chi connectivity index (χ1) is 6.20. The maximum atomic E-state index is 11.6. The standard InChI is InChI=1S/C8H12N2O3/c1-5-8(12)10-2-3-13-4-6(10)7(11)9-5/h5-6H,2-4H2,1H3,(H,9,11). The molecule has 2 atom stereocenters. The third-order valence-corrected chi connectivity index (χ3v) is 2.44. The van der Waals surface area contributed by atoms with Crippen LogP contribution in [0.3, 0.4) is 0 Å². The molecule has 0 saturated carbocycles. The fraction of sp³-hybridized carbons (Fsp3) is 0.750. The minimum Gasteiger partial charge on any atom is -0.377 e. The van der Waals surface area contributed by atoms with Crippen LogP contribution in [0.5, 0.6) is 0 Å². The number of amides is 2. The first-order valence-corrected chi connectivity index (χ1v) is 4.39. The van der Waals surface area contributed by atoms with Crippen LogP contribution in [0.1, 0.15) is 6.92 Å². The van der Waals surface area contributed by atoms with Gasteiger partial charge in [-0.2, -0.15) is 0 Å². The molecule has 0 aromatic rings. The molecule has 2 saturated heterocycles. The molecule has 5 nitrogen and oxygen atoms in total. The molecule has 2 heterocycles. The molecule has 1 N–H and O–H groups in total. The summed E-state index contributed by atoms with van der Waals surface area (Å²) in [5, 5.41) is 2.62. The van der Waals surface area contributed by atoms with Crippen LogP contribution in [-0.2, 0) is 14.3 Å². The first kappa shape index (κ1) is 8.50. The number of hydrogen-bond acceptors (Lipinski definition) is 3. The van der Waals surface area contributed by atoms with E-state index in [4.69, 9.17) is 4.74 Å². The van der Waals surface area contributed by atoms with Gasteiger partial charge in [0.25, 0.3) is 0 Å². The van der Waals surface area contributed by atoms with E-state index >= 15 is 0 Å². The average molecular weight is 184 g/mol. The van der Waals surface area contributed by atoms with Crippen molar-refractivity contribution in [1.82, 2.24) is 10.2 Å². The highest BCUT2D eigenvalue weighted by Gasteiger charge is 2.40. The predicted octanol–water partition coefficient (Wildman–Crippen LogP) is -1.27. The summed E-state index contributed by atoms with van der Waals surface area (Å²) < 4.78 is 5.14. The molecule has 2 aliphatic heterocycles. The van der Waals surface area contributed by atoms with Crippen LogP contribution in [0.2, 0.25) is 0 Å². The van der Waals surface area contributed by atoms with Gasteiger partial charge in [-0.1, -0.05) is 0 Å². The number of hydrogen-bond donors (Lipinski definition) is 1.